The van der Waals surface area contributed by atoms with Gasteiger partial charge in [-0.1, -0.05) is 18.9 Å². The lowest BCUT2D eigenvalue weighted by Crippen LogP contribution is -2.37. The number of halogens is 1. The predicted octanol–water partition coefficient (Wildman–Crippen LogP) is 4.55. The normalized spacial score (nSPS) is 24.1. The van der Waals surface area contributed by atoms with E-state index in [1.807, 2.05) is 12.3 Å². The fourth-order valence-electron chi connectivity index (χ4n) is 4.37. The number of H-pyrrole nitrogens is 1. The molecule has 2 atom stereocenters. The molecule has 3 heterocycles. The maximum Gasteiger partial charge on any atom is 0.170 e. The summed E-state index contributed by atoms with van der Waals surface area (Å²) in [6.07, 6.45) is 6.92. The summed E-state index contributed by atoms with van der Waals surface area (Å²) >= 11 is 8.27. The first-order valence-corrected chi connectivity index (χ1v) is 10.4. The van der Waals surface area contributed by atoms with E-state index in [0.717, 1.165) is 10.8 Å². The molecule has 2 N–H and O–H groups in total. The second-order valence-corrected chi connectivity index (χ2v) is 8.54. The van der Waals surface area contributed by atoms with Crippen LogP contribution in [-0.4, -0.2) is 26.0 Å². The smallest absolute Gasteiger partial charge is 0.170 e. The van der Waals surface area contributed by atoms with Crippen LogP contribution in [0.25, 0.3) is 0 Å². The van der Waals surface area contributed by atoms with Crippen LogP contribution in [0.4, 0.5) is 0 Å². The Hall–Kier alpha value is -1.15. The molecule has 0 aromatic carbocycles. The summed E-state index contributed by atoms with van der Waals surface area (Å²) in [5.41, 5.74) is 4.90. The first kappa shape index (κ1) is 17.3. The molecule has 2 aromatic rings. The number of aryl methyl sites for hydroxylation is 2. The summed E-state index contributed by atoms with van der Waals surface area (Å²) in [5, 5.41) is 4.46. The van der Waals surface area contributed by atoms with Crippen molar-refractivity contribution >= 4 is 39.9 Å². The lowest BCUT2D eigenvalue weighted by molar-refractivity contribution is 0.244. The Bertz CT molecular complexity index is 782. The summed E-state index contributed by atoms with van der Waals surface area (Å²) in [7, 11) is 0. The summed E-state index contributed by atoms with van der Waals surface area (Å²) in [4.78, 5) is 10.6. The molecule has 132 valence electrons. The predicted molar refractivity (Wildman–Crippen MR) is 113 cm³/mol. The summed E-state index contributed by atoms with van der Waals surface area (Å²) in [6.45, 7) is 4.32. The molecule has 0 amide bonds. The number of aromatic amines is 1. The van der Waals surface area contributed by atoms with Crippen LogP contribution in [0.3, 0.4) is 0 Å². The minimum atomic E-state index is 0.0942. The van der Waals surface area contributed by atoms with Gasteiger partial charge in [0.1, 0.15) is 0 Å². The second kappa shape index (κ2) is 6.87. The van der Waals surface area contributed by atoms with E-state index >= 15 is 0 Å². The van der Waals surface area contributed by atoms with E-state index in [0.29, 0.717) is 6.04 Å². The molecule has 2 aromatic heterocycles. The topological polar surface area (TPSA) is 44.0 Å². The third-order valence-corrected chi connectivity index (χ3v) is 7.21. The molecule has 4 nitrogen and oxygen atoms in total. The maximum absolute atomic E-state index is 5.80. The number of thiocarbonyl (C=S) groups is 1. The third-order valence-electron chi connectivity index (χ3n) is 5.49. The van der Waals surface area contributed by atoms with Gasteiger partial charge in [0.25, 0.3) is 0 Å². The minimum Gasteiger partial charge on any atom is -0.362 e. The maximum atomic E-state index is 5.80. The molecule has 0 bridgehead atoms. The molecule has 6 heteroatoms. The van der Waals surface area contributed by atoms with E-state index in [2.05, 4.69) is 68.8 Å². The molecule has 1 saturated heterocycles. The van der Waals surface area contributed by atoms with Gasteiger partial charge in [0.15, 0.2) is 5.11 Å². The number of pyridine rings is 1. The van der Waals surface area contributed by atoms with Crippen LogP contribution in [0, 0.1) is 17.4 Å². The fourth-order valence-corrected chi connectivity index (χ4v) is 5.62. The van der Waals surface area contributed by atoms with Crippen LogP contribution in [0.5, 0.6) is 0 Å². The largest absolute Gasteiger partial charge is 0.362 e. The average Bonchev–Trinajstić information content (AvgIpc) is 3.28. The SMILES string of the molecule is Cc1[nH]c(C)c([C@@H]2[C@@H](c3ccccn3)NC(=S)N2C2CCCC2)c1I. The Morgan fingerprint density at radius 2 is 1.96 bits per heavy atom. The molecule has 2 fully saturated rings. The lowest BCUT2D eigenvalue weighted by atomic mass is 9.95. The van der Waals surface area contributed by atoms with Crippen molar-refractivity contribution < 1.29 is 0 Å². The molecule has 0 spiro atoms. The standard InChI is InChI=1S/C19H23IN4S/c1-11-15(16(20)12(2)22-11)18-17(14-9-5-6-10-21-14)23-19(25)24(18)13-7-3-4-8-13/h5-6,9-10,13,17-18,22H,3-4,7-8H2,1-2H3,(H,23,25)/t17-,18-/m1/s1. The average molecular weight is 466 g/mol. The number of hydrogen-bond acceptors (Lipinski definition) is 2. The molecule has 4 rings (SSSR count). The van der Waals surface area contributed by atoms with Gasteiger partial charge in [0, 0.05) is 32.8 Å². The zero-order chi connectivity index (χ0) is 17.6. The summed E-state index contributed by atoms with van der Waals surface area (Å²) < 4.78 is 1.32. The fraction of sp³-hybridized carbons (Fsp3) is 0.474. The van der Waals surface area contributed by atoms with Crippen LogP contribution in [0.15, 0.2) is 24.4 Å². The van der Waals surface area contributed by atoms with Gasteiger partial charge in [-0.15, -0.1) is 0 Å². The van der Waals surface area contributed by atoms with E-state index in [9.17, 15) is 0 Å². The van der Waals surface area contributed by atoms with Crippen molar-refractivity contribution in [2.24, 2.45) is 0 Å². The Balaban J connectivity index is 1.83. The quantitative estimate of drug-likeness (QED) is 0.515. The van der Waals surface area contributed by atoms with Crippen molar-refractivity contribution in [3.63, 3.8) is 0 Å². The number of hydrogen-bond donors (Lipinski definition) is 2. The van der Waals surface area contributed by atoms with Crippen LogP contribution < -0.4 is 5.32 Å². The lowest BCUT2D eigenvalue weighted by Gasteiger charge is -2.33. The highest BCUT2D eigenvalue weighted by Crippen LogP contribution is 2.45. The number of nitrogens with zero attached hydrogens (tertiary/aromatic N) is 2. The third kappa shape index (κ3) is 2.97. The first-order valence-electron chi connectivity index (χ1n) is 8.92. The van der Waals surface area contributed by atoms with Crippen LogP contribution in [0.1, 0.15) is 60.4 Å². The Labute approximate surface area is 167 Å². The van der Waals surface area contributed by atoms with Gasteiger partial charge in [-0.25, -0.2) is 0 Å². The molecule has 1 saturated carbocycles. The van der Waals surface area contributed by atoms with E-state index in [4.69, 9.17) is 12.2 Å². The molecule has 0 unspecified atom stereocenters. The van der Waals surface area contributed by atoms with E-state index < -0.39 is 0 Å². The Kier molecular flexibility index (Phi) is 4.75. The molecule has 25 heavy (non-hydrogen) atoms. The molecule has 2 aliphatic rings. The minimum absolute atomic E-state index is 0.0942. The van der Waals surface area contributed by atoms with Crippen LogP contribution >= 0.6 is 34.8 Å². The summed E-state index contributed by atoms with van der Waals surface area (Å²) in [6, 6.07) is 6.95. The molecule has 1 aliphatic heterocycles. The highest BCUT2D eigenvalue weighted by Gasteiger charge is 2.45. The highest BCUT2D eigenvalue weighted by molar-refractivity contribution is 14.1. The van der Waals surface area contributed by atoms with Gasteiger partial charge in [0.2, 0.25) is 0 Å². The molecule has 0 radical (unpaired) electrons. The van der Waals surface area contributed by atoms with Crippen LogP contribution in [0.2, 0.25) is 0 Å². The van der Waals surface area contributed by atoms with E-state index in [-0.39, 0.29) is 12.1 Å². The monoisotopic (exact) mass is 466 g/mol. The van der Waals surface area contributed by atoms with Gasteiger partial charge in [-0.2, -0.15) is 0 Å². The van der Waals surface area contributed by atoms with Crippen LogP contribution in [-0.2, 0) is 0 Å². The highest BCUT2D eigenvalue weighted by atomic mass is 127. The first-order chi connectivity index (χ1) is 12.1. The Morgan fingerprint density at radius 3 is 2.56 bits per heavy atom. The summed E-state index contributed by atoms with van der Waals surface area (Å²) in [5.74, 6) is 0. The van der Waals surface area contributed by atoms with E-state index in [1.165, 1.54) is 46.2 Å². The van der Waals surface area contributed by atoms with Gasteiger partial charge in [0.05, 0.1) is 17.8 Å². The molecular weight excluding hydrogens is 443 g/mol. The van der Waals surface area contributed by atoms with Crippen molar-refractivity contribution in [1.82, 2.24) is 20.2 Å². The number of nitrogens with one attached hydrogen (secondary N) is 2. The van der Waals surface area contributed by atoms with Crippen molar-refractivity contribution in [3.05, 3.63) is 50.6 Å². The van der Waals surface area contributed by atoms with Crippen molar-refractivity contribution in [2.75, 3.05) is 0 Å². The molecule has 1 aliphatic carbocycles. The second-order valence-electron chi connectivity index (χ2n) is 7.07. The van der Waals surface area contributed by atoms with Gasteiger partial charge in [-0.05, 0) is 73.6 Å². The van der Waals surface area contributed by atoms with Gasteiger partial charge < -0.3 is 15.2 Å². The van der Waals surface area contributed by atoms with Gasteiger partial charge in [-0.3, -0.25) is 4.98 Å². The Morgan fingerprint density at radius 1 is 1.20 bits per heavy atom. The molecular formula is C19H23IN4S. The van der Waals surface area contributed by atoms with Crippen molar-refractivity contribution in [1.29, 1.82) is 0 Å². The zero-order valence-corrected chi connectivity index (χ0v) is 17.5. The van der Waals surface area contributed by atoms with Gasteiger partial charge >= 0.3 is 0 Å². The van der Waals surface area contributed by atoms with Crippen molar-refractivity contribution in [2.45, 2.75) is 57.7 Å². The zero-order valence-electron chi connectivity index (χ0n) is 14.6. The number of aromatic nitrogens is 2. The number of rotatable bonds is 3. The van der Waals surface area contributed by atoms with E-state index in [1.54, 1.807) is 0 Å². The van der Waals surface area contributed by atoms with Crippen molar-refractivity contribution in [3.8, 4) is 0 Å².